The van der Waals surface area contributed by atoms with Crippen LogP contribution in [-0.2, 0) is 0 Å². The van der Waals surface area contributed by atoms with Gasteiger partial charge in [0.05, 0.1) is 15.0 Å². The second-order valence-electron chi connectivity index (χ2n) is 8.12. The van der Waals surface area contributed by atoms with E-state index in [-0.39, 0.29) is 0 Å². The molecule has 1 aromatic heterocycles. The number of rotatable bonds is 4. The van der Waals surface area contributed by atoms with E-state index in [9.17, 15) is 0 Å². The van der Waals surface area contributed by atoms with Crippen LogP contribution in [0.5, 0.6) is 0 Å². The summed E-state index contributed by atoms with van der Waals surface area (Å²) in [6, 6.07) is 21.1. The Hall–Kier alpha value is -1.98. The Morgan fingerprint density at radius 2 is 1.56 bits per heavy atom. The summed E-state index contributed by atoms with van der Waals surface area (Å²) in [5.41, 5.74) is 3.15. The van der Waals surface area contributed by atoms with Gasteiger partial charge in [-0.25, -0.2) is 0 Å². The number of hydrogen-bond acceptors (Lipinski definition) is 1. The number of pyridine rings is 1. The maximum absolute atomic E-state index is 9.09. The molecule has 2 aromatic carbocycles. The standard InChI is InChI=1S/C22H27NSi2/c1-24(2,3)17-21(18-11-7-6-8-12-18)25(4,5)20-15-9-13-19-14-10-16-23-22(19)20/h6-17H,1-5H3/b21-17+/i17D. The van der Waals surface area contributed by atoms with Crippen molar-refractivity contribution in [2.45, 2.75) is 32.7 Å². The summed E-state index contributed by atoms with van der Waals surface area (Å²) in [6.45, 7) is 11.5. The molecule has 0 aliphatic heterocycles. The molecule has 0 radical (unpaired) electrons. The van der Waals surface area contributed by atoms with Crippen molar-refractivity contribution < 1.29 is 1.37 Å². The molecule has 3 aromatic rings. The van der Waals surface area contributed by atoms with Gasteiger partial charge in [-0.2, -0.15) is 0 Å². The fraction of sp³-hybridized carbons (Fsp3) is 0.227. The van der Waals surface area contributed by atoms with Crippen molar-refractivity contribution in [2.75, 3.05) is 0 Å². The van der Waals surface area contributed by atoms with Crippen LogP contribution in [0, 0.1) is 0 Å². The fourth-order valence-corrected chi connectivity index (χ4v) is 9.05. The van der Waals surface area contributed by atoms with E-state index in [1.54, 1.807) is 0 Å². The van der Waals surface area contributed by atoms with Crippen LogP contribution < -0.4 is 5.19 Å². The monoisotopic (exact) mass is 362 g/mol. The molecule has 1 heterocycles. The van der Waals surface area contributed by atoms with Crippen LogP contribution >= 0.6 is 0 Å². The summed E-state index contributed by atoms with van der Waals surface area (Å²) in [5, 5.41) is 3.75. The fourth-order valence-electron chi connectivity index (χ4n) is 3.31. The highest BCUT2D eigenvalue weighted by Gasteiger charge is 2.32. The van der Waals surface area contributed by atoms with E-state index in [0.717, 1.165) is 11.2 Å². The first-order valence-corrected chi connectivity index (χ1v) is 15.3. The van der Waals surface area contributed by atoms with Gasteiger partial charge < -0.3 is 0 Å². The topological polar surface area (TPSA) is 12.9 Å². The first kappa shape index (κ1) is 16.5. The lowest BCUT2D eigenvalue weighted by Gasteiger charge is -2.30. The molecule has 0 saturated carbocycles. The molecular weight excluding hydrogens is 334 g/mol. The highest BCUT2D eigenvalue weighted by atomic mass is 28.3. The average molecular weight is 363 g/mol. The molecule has 3 rings (SSSR count). The number of fused-ring (bicyclic) bond motifs is 1. The minimum Gasteiger partial charge on any atom is -0.256 e. The van der Waals surface area contributed by atoms with Gasteiger partial charge in [0.2, 0.25) is 0 Å². The van der Waals surface area contributed by atoms with E-state index in [1.807, 2.05) is 18.3 Å². The van der Waals surface area contributed by atoms with Crippen LogP contribution in [0.25, 0.3) is 16.1 Å². The lowest BCUT2D eigenvalue weighted by molar-refractivity contribution is 1.42. The lowest BCUT2D eigenvalue weighted by atomic mass is 10.2. The third-order valence-corrected chi connectivity index (χ3v) is 9.16. The van der Waals surface area contributed by atoms with E-state index in [0.29, 0.717) is 0 Å². The number of nitrogens with zero attached hydrogens (tertiary/aromatic N) is 1. The van der Waals surface area contributed by atoms with Gasteiger partial charge in [-0.1, -0.05) is 98.2 Å². The lowest BCUT2D eigenvalue weighted by Crippen LogP contribution is -2.44. The minimum absolute atomic E-state index is 0.869. The molecule has 0 aliphatic rings. The molecule has 0 aliphatic carbocycles. The van der Waals surface area contributed by atoms with Gasteiger partial charge in [-0.3, -0.25) is 4.98 Å². The predicted molar refractivity (Wildman–Crippen MR) is 117 cm³/mol. The Bertz CT molecular complexity index is 951. The van der Waals surface area contributed by atoms with E-state index in [2.05, 4.69) is 81.3 Å². The van der Waals surface area contributed by atoms with Crippen molar-refractivity contribution in [3.8, 4) is 0 Å². The van der Waals surface area contributed by atoms with Crippen molar-refractivity contribution in [2.24, 2.45) is 0 Å². The number of para-hydroxylation sites is 1. The molecule has 0 fully saturated rings. The average Bonchev–Trinajstić information content (AvgIpc) is 2.61. The van der Waals surface area contributed by atoms with Crippen LogP contribution in [0.1, 0.15) is 6.93 Å². The maximum Gasteiger partial charge on any atom is 0.114 e. The van der Waals surface area contributed by atoms with Crippen molar-refractivity contribution in [3.05, 3.63) is 78.1 Å². The summed E-state index contributed by atoms with van der Waals surface area (Å²) < 4.78 is 9.09. The summed E-state index contributed by atoms with van der Waals surface area (Å²) in [4.78, 5) is 4.71. The Kier molecular flexibility index (Phi) is 4.44. The summed E-state index contributed by atoms with van der Waals surface area (Å²) in [7, 11) is -3.88. The molecule has 0 atom stereocenters. The van der Waals surface area contributed by atoms with Gasteiger partial charge in [0, 0.05) is 11.6 Å². The highest BCUT2D eigenvalue weighted by Crippen LogP contribution is 2.29. The normalized spacial score (nSPS) is 14.2. The third kappa shape index (κ3) is 3.83. The highest BCUT2D eigenvalue weighted by molar-refractivity contribution is 7.07. The predicted octanol–water partition coefficient (Wildman–Crippen LogP) is 5.65. The Morgan fingerprint density at radius 3 is 2.24 bits per heavy atom. The number of hydrogen-bond donors (Lipinski definition) is 0. The van der Waals surface area contributed by atoms with Crippen molar-refractivity contribution >= 4 is 37.4 Å². The Morgan fingerprint density at radius 1 is 0.880 bits per heavy atom. The van der Waals surface area contributed by atoms with Gasteiger partial charge in [-0.15, -0.1) is 0 Å². The number of benzene rings is 2. The van der Waals surface area contributed by atoms with Crippen LogP contribution in [-0.4, -0.2) is 21.1 Å². The summed E-state index contributed by atoms with van der Waals surface area (Å²) in [5.74, 6) is 0. The quantitative estimate of drug-likeness (QED) is 0.546. The molecular formula is C22H27NSi2. The molecule has 25 heavy (non-hydrogen) atoms. The summed E-state index contributed by atoms with van der Waals surface area (Å²) >= 11 is 0. The zero-order valence-corrected chi connectivity index (χ0v) is 17.8. The van der Waals surface area contributed by atoms with Crippen LogP contribution in [0.15, 0.2) is 72.5 Å². The molecule has 0 spiro atoms. The molecule has 1 nitrogen and oxygen atoms in total. The molecule has 128 valence electrons. The second-order valence-corrected chi connectivity index (χ2v) is 17.2. The van der Waals surface area contributed by atoms with Gasteiger partial charge in [0.15, 0.2) is 0 Å². The van der Waals surface area contributed by atoms with Gasteiger partial charge in [0.1, 0.15) is 8.07 Å². The Labute approximate surface area is 154 Å². The zero-order chi connectivity index (χ0) is 18.9. The van der Waals surface area contributed by atoms with Crippen LogP contribution in [0.3, 0.4) is 0 Å². The number of aromatic nitrogens is 1. The van der Waals surface area contributed by atoms with Crippen LogP contribution in [0.4, 0.5) is 0 Å². The first-order valence-electron chi connectivity index (χ1n) is 9.34. The molecule has 0 saturated heterocycles. The Balaban J connectivity index is 2.33. The molecule has 0 unspecified atom stereocenters. The van der Waals surface area contributed by atoms with Crippen molar-refractivity contribution in [3.63, 3.8) is 0 Å². The van der Waals surface area contributed by atoms with Gasteiger partial charge >= 0.3 is 0 Å². The minimum atomic E-state index is -2.12. The maximum atomic E-state index is 9.09. The SMILES string of the molecule is [2H]/C(=C(/c1ccccc1)[Si](C)(C)c1cccc2cccnc12)[Si](C)(C)C. The van der Waals surface area contributed by atoms with Crippen molar-refractivity contribution in [1.29, 1.82) is 0 Å². The van der Waals surface area contributed by atoms with E-state index in [1.165, 1.54) is 21.3 Å². The molecule has 0 amide bonds. The molecule has 0 N–H and O–H groups in total. The first-order chi connectivity index (χ1) is 12.2. The van der Waals surface area contributed by atoms with Crippen LogP contribution in [0.2, 0.25) is 32.7 Å². The molecule has 3 heteroatoms. The summed E-state index contributed by atoms with van der Waals surface area (Å²) in [6.07, 6.45) is 1.88. The van der Waals surface area contributed by atoms with E-state index >= 15 is 0 Å². The largest absolute Gasteiger partial charge is 0.256 e. The third-order valence-electron chi connectivity index (χ3n) is 4.49. The van der Waals surface area contributed by atoms with E-state index < -0.39 is 16.1 Å². The molecule has 0 bridgehead atoms. The van der Waals surface area contributed by atoms with Gasteiger partial charge in [-0.05, 0) is 16.8 Å². The zero-order valence-electron chi connectivity index (χ0n) is 16.8. The van der Waals surface area contributed by atoms with Gasteiger partial charge in [0.25, 0.3) is 0 Å². The smallest absolute Gasteiger partial charge is 0.114 e. The second kappa shape index (κ2) is 6.73. The van der Waals surface area contributed by atoms with E-state index in [4.69, 9.17) is 6.35 Å². The van der Waals surface area contributed by atoms with Crippen molar-refractivity contribution in [1.82, 2.24) is 4.98 Å².